The molecule has 0 unspecified atom stereocenters. The van der Waals surface area contributed by atoms with E-state index in [9.17, 15) is 4.79 Å². The third kappa shape index (κ3) is 6.82. The van der Waals surface area contributed by atoms with Gasteiger partial charge in [-0.1, -0.05) is 37.6 Å². The van der Waals surface area contributed by atoms with Crippen molar-refractivity contribution in [1.82, 2.24) is 5.32 Å². The maximum atomic E-state index is 11.0. The number of esters is 1. The number of para-hydroxylation sites is 1. The zero-order chi connectivity index (χ0) is 15.7. The summed E-state index contributed by atoms with van der Waals surface area (Å²) in [6.45, 7) is 6.42. The van der Waals surface area contributed by atoms with E-state index in [2.05, 4.69) is 23.9 Å². The molecule has 0 heterocycles. The molecule has 0 amide bonds. The highest BCUT2D eigenvalue weighted by atomic mass is 35.5. The molecule has 0 aliphatic heterocycles. The SMILES string of the molecule is COC(=O)CCCOc1c(Cl)cccc1CNCC(C)C. The van der Waals surface area contributed by atoms with E-state index < -0.39 is 0 Å². The Kier molecular flexibility index (Phi) is 8.16. The number of carbonyl (C=O) groups excluding carboxylic acids is 1. The average Bonchev–Trinajstić information content (AvgIpc) is 2.45. The first-order chi connectivity index (χ1) is 10.0. The van der Waals surface area contributed by atoms with Gasteiger partial charge in [0.15, 0.2) is 0 Å². The van der Waals surface area contributed by atoms with Crippen LogP contribution in [0.4, 0.5) is 0 Å². The van der Waals surface area contributed by atoms with Gasteiger partial charge < -0.3 is 14.8 Å². The third-order valence-electron chi connectivity index (χ3n) is 2.92. The maximum absolute atomic E-state index is 11.0. The summed E-state index contributed by atoms with van der Waals surface area (Å²) in [6, 6.07) is 5.72. The van der Waals surface area contributed by atoms with E-state index in [1.54, 1.807) is 0 Å². The molecule has 0 saturated heterocycles. The molecule has 118 valence electrons. The minimum absolute atomic E-state index is 0.225. The molecule has 0 bridgehead atoms. The fraction of sp³-hybridized carbons (Fsp3) is 0.562. The van der Waals surface area contributed by atoms with Gasteiger partial charge in [-0.2, -0.15) is 0 Å². The van der Waals surface area contributed by atoms with Gasteiger partial charge in [-0.25, -0.2) is 0 Å². The van der Waals surface area contributed by atoms with Gasteiger partial charge >= 0.3 is 5.97 Å². The number of halogens is 1. The van der Waals surface area contributed by atoms with Crippen molar-refractivity contribution in [1.29, 1.82) is 0 Å². The van der Waals surface area contributed by atoms with Crippen LogP contribution in [0.15, 0.2) is 18.2 Å². The lowest BCUT2D eigenvalue weighted by Gasteiger charge is -2.14. The van der Waals surface area contributed by atoms with Crippen LogP contribution in [0.3, 0.4) is 0 Å². The van der Waals surface area contributed by atoms with E-state index in [0.29, 0.717) is 42.7 Å². The lowest BCUT2D eigenvalue weighted by Crippen LogP contribution is -2.19. The van der Waals surface area contributed by atoms with Crippen LogP contribution in [-0.4, -0.2) is 26.2 Å². The van der Waals surface area contributed by atoms with Gasteiger partial charge in [-0.15, -0.1) is 0 Å². The normalized spacial score (nSPS) is 10.7. The smallest absolute Gasteiger partial charge is 0.305 e. The van der Waals surface area contributed by atoms with Crippen molar-refractivity contribution in [2.24, 2.45) is 5.92 Å². The van der Waals surface area contributed by atoms with Gasteiger partial charge in [-0.3, -0.25) is 4.79 Å². The highest BCUT2D eigenvalue weighted by molar-refractivity contribution is 6.32. The van der Waals surface area contributed by atoms with Crippen molar-refractivity contribution in [2.75, 3.05) is 20.3 Å². The number of hydrogen-bond acceptors (Lipinski definition) is 4. The van der Waals surface area contributed by atoms with E-state index in [-0.39, 0.29) is 5.97 Å². The summed E-state index contributed by atoms with van der Waals surface area (Å²) in [7, 11) is 1.38. The number of hydrogen-bond donors (Lipinski definition) is 1. The van der Waals surface area contributed by atoms with E-state index >= 15 is 0 Å². The Bertz CT molecular complexity index is 449. The summed E-state index contributed by atoms with van der Waals surface area (Å²) >= 11 is 6.20. The zero-order valence-corrected chi connectivity index (χ0v) is 13.7. The Labute approximate surface area is 131 Å². The Morgan fingerprint density at radius 1 is 1.38 bits per heavy atom. The first-order valence-corrected chi connectivity index (χ1v) is 7.60. The molecule has 1 rings (SSSR count). The molecule has 0 aromatic heterocycles. The molecule has 0 aliphatic carbocycles. The van der Waals surface area contributed by atoms with Crippen LogP contribution < -0.4 is 10.1 Å². The average molecular weight is 314 g/mol. The number of methoxy groups -OCH3 is 1. The van der Waals surface area contributed by atoms with Crippen LogP contribution in [0.25, 0.3) is 0 Å². The van der Waals surface area contributed by atoms with Crippen LogP contribution in [-0.2, 0) is 16.1 Å². The maximum Gasteiger partial charge on any atom is 0.305 e. The molecule has 0 fully saturated rings. The Morgan fingerprint density at radius 3 is 2.81 bits per heavy atom. The lowest BCUT2D eigenvalue weighted by atomic mass is 10.1. The fourth-order valence-electron chi connectivity index (χ4n) is 1.84. The highest BCUT2D eigenvalue weighted by Gasteiger charge is 2.09. The number of benzene rings is 1. The molecule has 1 N–H and O–H groups in total. The quantitative estimate of drug-likeness (QED) is 0.560. The first-order valence-electron chi connectivity index (χ1n) is 7.22. The monoisotopic (exact) mass is 313 g/mol. The van der Waals surface area contributed by atoms with Gasteiger partial charge in [0.1, 0.15) is 5.75 Å². The summed E-state index contributed by atoms with van der Waals surface area (Å²) in [6.07, 6.45) is 0.957. The molecule has 1 aromatic rings. The van der Waals surface area contributed by atoms with E-state index in [4.69, 9.17) is 16.3 Å². The number of ether oxygens (including phenoxy) is 2. The second kappa shape index (κ2) is 9.64. The van der Waals surface area contributed by atoms with Crippen LogP contribution in [0, 0.1) is 5.92 Å². The number of rotatable bonds is 9. The summed E-state index contributed by atoms with van der Waals surface area (Å²) < 4.78 is 10.3. The molecule has 5 heteroatoms. The Hall–Kier alpha value is -1.26. The van der Waals surface area contributed by atoms with Crippen LogP contribution in [0.2, 0.25) is 5.02 Å². The van der Waals surface area contributed by atoms with Crippen LogP contribution in [0.5, 0.6) is 5.75 Å². The Balaban J connectivity index is 2.52. The van der Waals surface area contributed by atoms with Crippen molar-refractivity contribution < 1.29 is 14.3 Å². The topological polar surface area (TPSA) is 47.6 Å². The van der Waals surface area contributed by atoms with Crippen molar-refractivity contribution in [3.63, 3.8) is 0 Å². The van der Waals surface area contributed by atoms with Crippen molar-refractivity contribution in [3.05, 3.63) is 28.8 Å². The van der Waals surface area contributed by atoms with Gasteiger partial charge in [-0.05, 0) is 24.9 Å². The molecule has 0 aliphatic rings. The van der Waals surface area contributed by atoms with Gasteiger partial charge in [0.05, 0.1) is 18.7 Å². The molecule has 0 spiro atoms. The molecule has 1 aromatic carbocycles. The van der Waals surface area contributed by atoms with Gasteiger partial charge in [0, 0.05) is 18.5 Å². The van der Waals surface area contributed by atoms with E-state index in [1.165, 1.54) is 7.11 Å². The predicted molar refractivity (Wildman–Crippen MR) is 84.7 cm³/mol. The zero-order valence-electron chi connectivity index (χ0n) is 12.9. The largest absolute Gasteiger partial charge is 0.492 e. The fourth-order valence-corrected chi connectivity index (χ4v) is 2.09. The van der Waals surface area contributed by atoms with Gasteiger partial charge in [0.2, 0.25) is 0 Å². The minimum Gasteiger partial charge on any atom is -0.492 e. The summed E-state index contributed by atoms with van der Waals surface area (Å²) in [4.78, 5) is 11.0. The van der Waals surface area contributed by atoms with E-state index in [0.717, 1.165) is 12.1 Å². The van der Waals surface area contributed by atoms with Crippen LogP contribution >= 0.6 is 11.6 Å². The predicted octanol–water partition coefficient (Wildman–Crippen LogP) is 3.42. The third-order valence-corrected chi connectivity index (χ3v) is 3.21. The van der Waals surface area contributed by atoms with Gasteiger partial charge in [0.25, 0.3) is 0 Å². The summed E-state index contributed by atoms with van der Waals surface area (Å²) in [5.41, 5.74) is 1.03. The van der Waals surface area contributed by atoms with Crippen molar-refractivity contribution in [2.45, 2.75) is 33.2 Å². The van der Waals surface area contributed by atoms with Crippen molar-refractivity contribution in [3.8, 4) is 5.75 Å². The van der Waals surface area contributed by atoms with Crippen LogP contribution in [0.1, 0.15) is 32.3 Å². The Morgan fingerprint density at radius 2 is 2.14 bits per heavy atom. The highest BCUT2D eigenvalue weighted by Crippen LogP contribution is 2.28. The molecular weight excluding hydrogens is 290 g/mol. The number of nitrogens with one attached hydrogen (secondary N) is 1. The minimum atomic E-state index is -0.225. The van der Waals surface area contributed by atoms with Crippen molar-refractivity contribution >= 4 is 17.6 Å². The molecule has 21 heavy (non-hydrogen) atoms. The molecule has 0 radical (unpaired) electrons. The molecular formula is C16H24ClNO3. The molecule has 0 saturated carbocycles. The second-order valence-electron chi connectivity index (χ2n) is 5.28. The summed E-state index contributed by atoms with van der Waals surface area (Å²) in [5, 5.41) is 3.97. The first kappa shape index (κ1) is 17.8. The molecule has 4 nitrogen and oxygen atoms in total. The second-order valence-corrected chi connectivity index (χ2v) is 5.69. The summed E-state index contributed by atoms with van der Waals surface area (Å²) in [5.74, 6) is 1.06. The standard InChI is InChI=1S/C16H24ClNO3/c1-12(2)10-18-11-13-6-4-7-14(17)16(13)21-9-5-8-15(19)20-3/h4,6-7,12,18H,5,8-11H2,1-3H3. The molecule has 0 atom stereocenters. The lowest BCUT2D eigenvalue weighted by molar-refractivity contribution is -0.140. The number of carbonyl (C=O) groups is 1. The van der Waals surface area contributed by atoms with E-state index in [1.807, 2.05) is 18.2 Å².